The van der Waals surface area contributed by atoms with Crippen LogP contribution in [-0.2, 0) is 9.53 Å². The molecule has 0 saturated carbocycles. The van der Waals surface area contributed by atoms with E-state index in [2.05, 4.69) is 10.3 Å². The number of ether oxygens (including phenoxy) is 1. The zero-order valence-corrected chi connectivity index (χ0v) is 20.4. The predicted octanol–water partition coefficient (Wildman–Crippen LogP) is 3.42. The van der Waals surface area contributed by atoms with Crippen LogP contribution in [0.15, 0.2) is 46.0 Å². The molecule has 3 heterocycles. The number of nitrogens with zero attached hydrogens (tertiary/aromatic N) is 4. The van der Waals surface area contributed by atoms with Crippen molar-refractivity contribution in [2.24, 2.45) is 4.99 Å². The fourth-order valence-corrected chi connectivity index (χ4v) is 5.07. The summed E-state index contributed by atoms with van der Waals surface area (Å²) in [6.45, 7) is 8.25. The number of rotatable bonds is 5. The van der Waals surface area contributed by atoms with Crippen LogP contribution in [0.3, 0.4) is 0 Å². The molecule has 7 nitrogen and oxygen atoms in total. The van der Waals surface area contributed by atoms with Crippen LogP contribution in [0.5, 0.6) is 0 Å². The molecular formula is C23H26FN5O2S2. The molecule has 1 fully saturated rings. The normalized spacial score (nSPS) is 18.1. The van der Waals surface area contributed by atoms with Crippen molar-refractivity contribution in [2.45, 2.75) is 26.8 Å². The number of aromatic nitrogens is 1. The Hall–Kier alpha value is -2.85. The van der Waals surface area contributed by atoms with E-state index in [0.29, 0.717) is 48.3 Å². The number of aliphatic imine (C=N–C) groups is 1. The summed E-state index contributed by atoms with van der Waals surface area (Å²) < 4.78 is 19.4. The first-order valence-corrected chi connectivity index (χ1v) is 12.2. The molecule has 4 rings (SSSR count). The number of fused-ring (bicyclic) bond motifs is 1. The van der Waals surface area contributed by atoms with Gasteiger partial charge in [-0.3, -0.25) is 4.99 Å². The molecule has 2 aromatic rings. The van der Waals surface area contributed by atoms with Crippen molar-refractivity contribution >= 4 is 40.5 Å². The van der Waals surface area contributed by atoms with E-state index in [-0.39, 0.29) is 12.4 Å². The van der Waals surface area contributed by atoms with Crippen molar-refractivity contribution in [1.29, 1.82) is 0 Å². The third-order valence-corrected chi connectivity index (χ3v) is 6.78. The standard InChI is InChI=1S/C23H26FN5O2S2/c1-4-25-23(32)28-9-10-29-17(13-28)18(22(30)31-5-2)19(16-7-6-15(24)12-14(16)3)27-20(29)21-26-8-11-33-21/h6-8,11-12,19H,4-5,9-10,13H2,1-3H3,(H,25,32)/t19-/m0/s1. The van der Waals surface area contributed by atoms with Gasteiger partial charge in [0.15, 0.2) is 16.0 Å². The maximum Gasteiger partial charge on any atom is 0.338 e. The maximum absolute atomic E-state index is 13.9. The molecule has 1 aromatic carbocycles. The largest absolute Gasteiger partial charge is 0.463 e. The first-order valence-electron chi connectivity index (χ1n) is 10.9. The number of carbonyl (C=O) groups is 1. The lowest BCUT2D eigenvalue weighted by Gasteiger charge is -2.43. The lowest BCUT2D eigenvalue weighted by Crippen LogP contribution is -2.54. The van der Waals surface area contributed by atoms with E-state index in [1.807, 2.05) is 29.0 Å². The molecule has 0 radical (unpaired) electrons. The van der Waals surface area contributed by atoms with Crippen molar-refractivity contribution in [1.82, 2.24) is 20.1 Å². The zero-order chi connectivity index (χ0) is 23.5. The van der Waals surface area contributed by atoms with Gasteiger partial charge in [-0.25, -0.2) is 14.2 Å². The van der Waals surface area contributed by atoms with Gasteiger partial charge in [-0.15, -0.1) is 11.3 Å². The summed E-state index contributed by atoms with van der Waals surface area (Å²) >= 11 is 7.06. The number of benzene rings is 1. The Morgan fingerprint density at radius 2 is 2.18 bits per heavy atom. The first-order chi connectivity index (χ1) is 15.9. The number of piperazine rings is 1. The van der Waals surface area contributed by atoms with Gasteiger partial charge in [0.25, 0.3) is 0 Å². The average molecular weight is 488 g/mol. The van der Waals surface area contributed by atoms with Crippen molar-refractivity contribution in [3.8, 4) is 0 Å². The Labute approximate surface area is 202 Å². The van der Waals surface area contributed by atoms with Crippen LogP contribution in [0.1, 0.15) is 36.0 Å². The van der Waals surface area contributed by atoms with Crippen molar-refractivity contribution < 1.29 is 13.9 Å². The number of aryl methyl sites for hydroxylation is 1. The van der Waals surface area contributed by atoms with E-state index in [9.17, 15) is 9.18 Å². The highest BCUT2D eigenvalue weighted by Gasteiger charge is 2.40. The van der Waals surface area contributed by atoms with Gasteiger partial charge in [0.05, 0.1) is 24.4 Å². The van der Waals surface area contributed by atoms with Gasteiger partial charge in [0.1, 0.15) is 11.9 Å². The van der Waals surface area contributed by atoms with Gasteiger partial charge in [-0.1, -0.05) is 6.07 Å². The summed E-state index contributed by atoms with van der Waals surface area (Å²) in [6.07, 6.45) is 1.74. The van der Waals surface area contributed by atoms with E-state index < -0.39 is 12.0 Å². The Morgan fingerprint density at radius 3 is 2.85 bits per heavy atom. The molecule has 0 amide bonds. The lowest BCUT2D eigenvalue weighted by atomic mass is 9.91. The van der Waals surface area contributed by atoms with Gasteiger partial charge < -0.3 is 19.9 Å². The van der Waals surface area contributed by atoms with Crippen LogP contribution in [0, 0.1) is 12.7 Å². The van der Waals surface area contributed by atoms with Crippen LogP contribution in [0.4, 0.5) is 4.39 Å². The molecule has 1 aromatic heterocycles. The predicted molar refractivity (Wildman–Crippen MR) is 131 cm³/mol. The summed E-state index contributed by atoms with van der Waals surface area (Å²) in [5.74, 6) is -0.0526. The average Bonchev–Trinajstić information content (AvgIpc) is 3.33. The molecule has 1 atom stereocenters. The monoisotopic (exact) mass is 487 g/mol. The van der Waals surface area contributed by atoms with Crippen LogP contribution >= 0.6 is 23.6 Å². The smallest absolute Gasteiger partial charge is 0.338 e. The molecule has 1 N–H and O–H groups in total. The summed E-state index contributed by atoms with van der Waals surface area (Å²) in [6, 6.07) is 3.91. The van der Waals surface area contributed by atoms with E-state index in [1.54, 1.807) is 19.2 Å². The number of halogens is 1. The van der Waals surface area contributed by atoms with Crippen molar-refractivity contribution in [2.75, 3.05) is 32.8 Å². The van der Waals surface area contributed by atoms with Gasteiger partial charge in [0, 0.05) is 31.2 Å². The Balaban J connectivity index is 1.88. The van der Waals surface area contributed by atoms with Crippen LogP contribution in [0.2, 0.25) is 0 Å². The lowest BCUT2D eigenvalue weighted by molar-refractivity contribution is -0.139. The van der Waals surface area contributed by atoms with Crippen molar-refractivity contribution in [3.63, 3.8) is 0 Å². The summed E-state index contributed by atoms with van der Waals surface area (Å²) in [5.41, 5.74) is 2.71. The van der Waals surface area contributed by atoms with E-state index in [0.717, 1.165) is 16.3 Å². The number of thiazole rings is 1. The fourth-order valence-electron chi connectivity index (χ4n) is 4.13. The summed E-state index contributed by atoms with van der Waals surface area (Å²) in [4.78, 5) is 26.9. The minimum atomic E-state index is -0.637. The molecule has 0 spiro atoms. The van der Waals surface area contributed by atoms with Gasteiger partial charge in [-0.05, 0) is 56.2 Å². The van der Waals surface area contributed by atoms with E-state index >= 15 is 0 Å². The number of hydrogen-bond donors (Lipinski definition) is 1. The summed E-state index contributed by atoms with van der Waals surface area (Å²) in [5, 5.41) is 6.50. The number of hydrogen-bond acceptors (Lipinski definition) is 7. The molecule has 2 aliphatic heterocycles. The second-order valence-corrected chi connectivity index (χ2v) is 8.96. The van der Waals surface area contributed by atoms with Crippen LogP contribution in [-0.4, -0.2) is 64.5 Å². The van der Waals surface area contributed by atoms with E-state index in [1.165, 1.54) is 23.5 Å². The third kappa shape index (κ3) is 4.63. The first kappa shape index (κ1) is 23.3. The number of nitrogens with one attached hydrogen (secondary N) is 1. The van der Waals surface area contributed by atoms with E-state index in [4.69, 9.17) is 21.9 Å². The quantitative estimate of drug-likeness (QED) is 0.512. The van der Waals surface area contributed by atoms with Gasteiger partial charge >= 0.3 is 5.97 Å². The Kier molecular flexibility index (Phi) is 7.04. The Bertz CT molecular complexity index is 1120. The molecule has 10 heteroatoms. The SMILES string of the molecule is CCNC(=S)N1CCN2C(c3nccs3)=N[C@@H](c3ccc(F)cc3C)C(C(=O)OCC)=C2C1. The highest BCUT2D eigenvalue weighted by molar-refractivity contribution is 7.80. The number of carbonyl (C=O) groups excluding carboxylic acids is 1. The van der Waals surface area contributed by atoms with Gasteiger partial charge in [-0.2, -0.15) is 0 Å². The van der Waals surface area contributed by atoms with Crippen molar-refractivity contribution in [3.05, 3.63) is 63.0 Å². The zero-order valence-electron chi connectivity index (χ0n) is 18.8. The second-order valence-electron chi connectivity index (χ2n) is 7.68. The molecule has 0 aliphatic carbocycles. The second kappa shape index (κ2) is 9.96. The molecular weight excluding hydrogens is 461 g/mol. The minimum absolute atomic E-state index is 0.243. The highest BCUT2D eigenvalue weighted by Crippen LogP contribution is 2.39. The van der Waals surface area contributed by atoms with Crippen LogP contribution < -0.4 is 5.32 Å². The number of esters is 1. The third-order valence-electron chi connectivity index (χ3n) is 5.61. The number of amidine groups is 1. The number of thiocarbonyl (C=S) groups is 1. The van der Waals surface area contributed by atoms with Crippen LogP contribution in [0.25, 0.3) is 0 Å². The molecule has 33 heavy (non-hydrogen) atoms. The fraction of sp³-hybridized carbons (Fsp3) is 0.391. The molecule has 1 saturated heterocycles. The minimum Gasteiger partial charge on any atom is -0.463 e. The summed E-state index contributed by atoms with van der Waals surface area (Å²) in [7, 11) is 0. The van der Waals surface area contributed by atoms with Gasteiger partial charge in [0.2, 0.25) is 0 Å². The molecule has 0 unspecified atom stereocenters. The maximum atomic E-state index is 13.9. The molecule has 0 bridgehead atoms. The molecule has 174 valence electrons. The topological polar surface area (TPSA) is 70.1 Å². The Morgan fingerprint density at radius 1 is 1.36 bits per heavy atom. The highest BCUT2D eigenvalue weighted by atomic mass is 32.1. The molecule has 2 aliphatic rings.